The molecular weight excluding hydrogens is 733 g/mol. The van der Waals surface area contributed by atoms with E-state index < -0.39 is 0 Å². The second-order valence-corrected chi connectivity index (χ2v) is 16.3. The van der Waals surface area contributed by atoms with Gasteiger partial charge in [-0.25, -0.2) is 4.98 Å². The summed E-state index contributed by atoms with van der Waals surface area (Å²) in [6.07, 6.45) is 0. The molecule has 0 saturated heterocycles. The Morgan fingerprint density at radius 3 is 1.92 bits per heavy atom. The first-order valence-electron chi connectivity index (χ1n) is 20.5. The summed E-state index contributed by atoms with van der Waals surface area (Å²) in [4.78, 5) is 7.35. The molecule has 0 atom stereocenters. The van der Waals surface area contributed by atoms with E-state index in [0.717, 1.165) is 66.8 Å². The number of anilines is 3. The van der Waals surface area contributed by atoms with Crippen LogP contribution in [0.5, 0.6) is 0 Å². The van der Waals surface area contributed by atoms with Crippen molar-refractivity contribution in [3.63, 3.8) is 0 Å². The molecule has 11 aromatic rings. The van der Waals surface area contributed by atoms with Crippen molar-refractivity contribution in [2.24, 2.45) is 0 Å². The first kappa shape index (κ1) is 34.4. The minimum absolute atomic E-state index is 0.134. The Hall–Kier alpha value is -7.69. The highest BCUT2D eigenvalue weighted by Crippen LogP contribution is 2.51. The lowest BCUT2D eigenvalue weighted by molar-refractivity contribution is 0.621. The van der Waals surface area contributed by atoms with Gasteiger partial charge in [0.1, 0.15) is 16.7 Å². The fourth-order valence-corrected chi connectivity index (χ4v) is 9.48. The van der Waals surface area contributed by atoms with Crippen LogP contribution in [-0.2, 0) is 5.41 Å². The van der Waals surface area contributed by atoms with Gasteiger partial charge in [0.25, 0.3) is 0 Å². The molecule has 0 amide bonds. The molecular formula is C56H38N2O2. The number of nitrogens with zero attached hydrogens (tertiary/aromatic N) is 2. The summed E-state index contributed by atoms with van der Waals surface area (Å²) < 4.78 is 13.1. The van der Waals surface area contributed by atoms with E-state index in [1.165, 1.54) is 44.2 Å². The van der Waals surface area contributed by atoms with Gasteiger partial charge in [-0.2, -0.15) is 0 Å². The third kappa shape index (κ3) is 5.34. The zero-order chi connectivity index (χ0) is 40.0. The number of hydrogen-bond acceptors (Lipinski definition) is 4. The molecule has 0 saturated carbocycles. The Labute approximate surface area is 347 Å². The number of para-hydroxylation sites is 1. The summed E-state index contributed by atoms with van der Waals surface area (Å²) in [6, 6.07) is 69.1. The highest BCUT2D eigenvalue weighted by atomic mass is 16.4. The molecule has 0 spiro atoms. The van der Waals surface area contributed by atoms with Crippen molar-refractivity contribution >= 4 is 60.9 Å². The average Bonchev–Trinajstić information content (AvgIpc) is 3.96. The third-order valence-corrected chi connectivity index (χ3v) is 12.5. The summed E-state index contributed by atoms with van der Waals surface area (Å²) in [6.45, 7) is 4.68. The molecule has 12 rings (SSSR count). The highest BCUT2D eigenvalue weighted by Gasteiger charge is 2.35. The number of fused-ring (bicyclic) bond motifs is 8. The summed E-state index contributed by atoms with van der Waals surface area (Å²) in [5.41, 5.74) is 16.8. The maximum absolute atomic E-state index is 6.68. The number of hydrogen-bond donors (Lipinski definition) is 0. The van der Waals surface area contributed by atoms with Crippen molar-refractivity contribution in [1.29, 1.82) is 0 Å². The third-order valence-electron chi connectivity index (χ3n) is 12.5. The molecule has 4 nitrogen and oxygen atoms in total. The molecule has 284 valence electrons. The molecule has 4 heteroatoms. The molecule has 0 radical (unpaired) electrons. The lowest BCUT2D eigenvalue weighted by atomic mass is 9.82. The standard InChI is InChI=1S/C56H38N2O2/c1-56(2)47-18-10-8-16-44(47)45-31-30-43(33-48(45)56)58(41-26-22-36(23-27-41)40-21-20-35-12-6-7-15-39(35)32-40)42-28-24-37(25-29-42)52-53-46-17-9-11-19-50(46)59-51(53)34-49-54(52)60-55(57-49)38-13-4-3-5-14-38/h3-34H,1-2H3. The second-order valence-electron chi connectivity index (χ2n) is 16.3. The number of furan rings is 1. The van der Waals surface area contributed by atoms with Crippen molar-refractivity contribution in [2.75, 3.05) is 4.90 Å². The molecule has 0 fully saturated rings. The minimum atomic E-state index is -0.134. The van der Waals surface area contributed by atoms with Crippen molar-refractivity contribution in [2.45, 2.75) is 19.3 Å². The molecule has 60 heavy (non-hydrogen) atoms. The van der Waals surface area contributed by atoms with Gasteiger partial charge >= 0.3 is 0 Å². The van der Waals surface area contributed by atoms with E-state index in [2.05, 4.69) is 164 Å². The van der Waals surface area contributed by atoms with Crippen LogP contribution >= 0.6 is 0 Å². The monoisotopic (exact) mass is 770 g/mol. The summed E-state index contributed by atoms with van der Waals surface area (Å²) >= 11 is 0. The summed E-state index contributed by atoms with van der Waals surface area (Å²) in [5, 5.41) is 4.54. The SMILES string of the molecule is CC1(C)c2ccccc2-c2ccc(N(c3ccc(-c4ccc5ccccc5c4)cc3)c3ccc(-c4c5oc(-c6ccccc6)nc5cc5oc6ccccc6c45)cc3)cc21. The van der Waals surface area contributed by atoms with Crippen LogP contribution in [0.3, 0.4) is 0 Å². The van der Waals surface area contributed by atoms with Gasteiger partial charge in [-0.05, 0) is 110 Å². The number of benzene rings is 9. The van der Waals surface area contributed by atoms with Crippen LogP contribution in [0.15, 0.2) is 203 Å². The van der Waals surface area contributed by atoms with E-state index in [1.807, 2.05) is 48.5 Å². The Morgan fingerprint density at radius 2 is 1.10 bits per heavy atom. The fraction of sp³-hybridized carbons (Fsp3) is 0.0536. The van der Waals surface area contributed by atoms with E-state index in [9.17, 15) is 0 Å². The van der Waals surface area contributed by atoms with Crippen molar-refractivity contribution in [1.82, 2.24) is 4.98 Å². The van der Waals surface area contributed by atoms with E-state index >= 15 is 0 Å². The van der Waals surface area contributed by atoms with E-state index in [0.29, 0.717) is 5.89 Å². The van der Waals surface area contributed by atoms with Crippen LogP contribution in [0.4, 0.5) is 17.1 Å². The molecule has 2 aromatic heterocycles. The van der Waals surface area contributed by atoms with Crippen LogP contribution in [-0.4, -0.2) is 4.98 Å². The van der Waals surface area contributed by atoms with Gasteiger partial charge in [-0.15, -0.1) is 0 Å². The zero-order valence-electron chi connectivity index (χ0n) is 33.2. The number of aromatic nitrogens is 1. The van der Waals surface area contributed by atoms with Gasteiger partial charge in [-0.1, -0.05) is 141 Å². The molecule has 0 N–H and O–H groups in total. The van der Waals surface area contributed by atoms with E-state index in [4.69, 9.17) is 13.8 Å². The fourth-order valence-electron chi connectivity index (χ4n) is 9.48. The van der Waals surface area contributed by atoms with Crippen LogP contribution in [0.25, 0.3) is 88.6 Å². The predicted molar refractivity (Wildman–Crippen MR) is 247 cm³/mol. The normalized spacial score (nSPS) is 13.0. The lowest BCUT2D eigenvalue weighted by Crippen LogP contribution is -2.16. The van der Waals surface area contributed by atoms with Crippen LogP contribution in [0.2, 0.25) is 0 Å². The summed E-state index contributed by atoms with van der Waals surface area (Å²) in [7, 11) is 0. The van der Waals surface area contributed by atoms with Gasteiger partial charge in [-0.3, -0.25) is 0 Å². The van der Waals surface area contributed by atoms with Crippen molar-refractivity contribution in [3.8, 4) is 44.8 Å². The van der Waals surface area contributed by atoms with Crippen molar-refractivity contribution < 1.29 is 8.83 Å². The number of rotatable bonds is 6. The summed E-state index contributed by atoms with van der Waals surface area (Å²) in [5.74, 6) is 0.584. The first-order chi connectivity index (χ1) is 29.5. The quantitative estimate of drug-likeness (QED) is 0.169. The molecule has 0 bridgehead atoms. The second kappa shape index (κ2) is 13.2. The predicted octanol–water partition coefficient (Wildman–Crippen LogP) is 15.7. The zero-order valence-corrected chi connectivity index (χ0v) is 33.2. The maximum Gasteiger partial charge on any atom is 0.227 e. The molecule has 0 unspecified atom stereocenters. The highest BCUT2D eigenvalue weighted by molar-refractivity contribution is 6.19. The maximum atomic E-state index is 6.68. The van der Waals surface area contributed by atoms with Gasteiger partial charge in [0.15, 0.2) is 5.58 Å². The first-order valence-corrected chi connectivity index (χ1v) is 20.5. The molecule has 0 aliphatic heterocycles. The average molecular weight is 771 g/mol. The number of oxazole rings is 1. The van der Waals surface area contributed by atoms with Gasteiger partial charge < -0.3 is 13.7 Å². The largest absolute Gasteiger partial charge is 0.456 e. The molecule has 9 aromatic carbocycles. The molecule has 1 aliphatic rings. The van der Waals surface area contributed by atoms with Crippen molar-refractivity contribution in [3.05, 3.63) is 205 Å². The Balaban J connectivity index is 1.01. The lowest BCUT2D eigenvalue weighted by Gasteiger charge is -2.28. The van der Waals surface area contributed by atoms with Crippen LogP contribution in [0.1, 0.15) is 25.0 Å². The van der Waals surface area contributed by atoms with E-state index in [1.54, 1.807) is 0 Å². The van der Waals surface area contributed by atoms with Crippen LogP contribution < -0.4 is 4.90 Å². The topological polar surface area (TPSA) is 42.4 Å². The van der Waals surface area contributed by atoms with E-state index in [-0.39, 0.29) is 5.41 Å². The molecule has 1 aliphatic carbocycles. The van der Waals surface area contributed by atoms with Gasteiger partial charge in [0, 0.05) is 50.4 Å². The van der Waals surface area contributed by atoms with Gasteiger partial charge in [0.05, 0.1) is 0 Å². The smallest absolute Gasteiger partial charge is 0.227 e. The Morgan fingerprint density at radius 1 is 0.450 bits per heavy atom. The Kier molecular flexibility index (Phi) is 7.54. The Bertz CT molecular complexity index is 3450. The van der Waals surface area contributed by atoms with Crippen LogP contribution in [0, 0.1) is 0 Å². The van der Waals surface area contributed by atoms with Gasteiger partial charge in [0.2, 0.25) is 5.89 Å². The molecule has 2 heterocycles. The minimum Gasteiger partial charge on any atom is -0.456 e.